The van der Waals surface area contributed by atoms with Crippen molar-refractivity contribution in [3.8, 4) is 0 Å². The van der Waals surface area contributed by atoms with Gasteiger partial charge < -0.3 is 0 Å². The SMILES string of the molecule is C[C@H](F)C(C)(C)F. The minimum absolute atomic E-state index is 1.21. The summed E-state index contributed by atoms with van der Waals surface area (Å²) in [5.41, 5.74) is -1.67. The third-order valence-electron chi connectivity index (χ3n) is 0.946. The highest BCUT2D eigenvalue weighted by Gasteiger charge is 2.23. The van der Waals surface area contributed by atoms with Gasteiger partial charge in [-0.15, -0.1) is 0 Å². The first-order valence-electron chi connectivity index (χ1n) is 2.27. The van der Waals surface area contributed by atoms with Crippen LogP contribution in [0.5, 0.6) is 0 Å². The Morgan fingerprint density at radius 3 is 1.57 bits per heavy atom. The van der Waals surface area contributed by atoms with Gasteiger partial charge in [-0.1, -0.05) is 0 Å². The van der Waals surface area contributed by atoms with Gasteiger partial charge in [0.25, 0.3) is 0 Å². The van der Waals surface area contributed by atoms with Crippen LogP contribution < -0.4 is 0 Å². The molecule has 0 aliphatic heterocycles. The van der Waals surface area contributed by atoms with Crippen molar-refractivity contribution in [2.75, 3.05) is 0 Å². The standard InChI is InChI=1S/C5H10F2/c1-4(6)5(2,3)7/h4H,1-3H3/t4-/m0/s1. The Kier molecular flexibility index (Phi) is 1.73. The van der Waals surface area contributed by atoms with Crippen LogP contribution in [0.2, 0.25) is 0 Å². The predicted octanol–water partition coefficient (Wildman–Crippen LogP) is 2.09. The Bertz CT molecular complexity index is 51.6. The van der Waals surface area contributed by atoms with Gasteiger partial charge in [0.15, 0.2) is 0 Å². The summed E-state index contributed by atoms with van der Waals surface area (Å²) in [6.45, 7) is 3.65. The highest BCUT2D eigenvalue weighted by Crippen LogP contribution is 2.15. The monoisotopic (exact) mass is 108 g/mol. The highest BCUT2D eigenvalue weighted by atomic mass is 19.2. The number of rotatable bonds is 1. The van der Waals surface area contributed by atoms with Crippen LogP contribution in [-0.4, -0.2) is 11.8 Å². The van der Waals surface area contributed by atoms with Crippen molar-refractivity contribution >= 4 is 0 Å². The molecule has 0 aliphatic rings. The maximum atomic E-state index is 12.1. The van der Waals surface area contributed by atoms with Crippen LogP contribution >= 0.6 is 0 Å². The van der Waals surface area contributed by atoms with Crippen LogP contribution in [0.25, 0.3) is 0 Å². The predicted molar refractivity (Wildman–Crippen MR) is 25.8 cm³/mol. The zero-order chi connectivity index (χ0) is 6.08. The molecule has 0 N–H and O–H groups in total. The fourth-order valence-electron chi connectivity index (χ4n) is 0. The van der Waals surface area contributed by atoms with Crippen molar-refractivity contribution in [2.45, 2.75) is 32.6 Å². The first-order valence-corrected chi connectivity index (χ1v) is 2.27. The Morgan fingerprint density at radius 2 is 1.57 bits per heavy atom. The van der Waals surface area contributed by atoms with Crippen molar-refractivity contribution < 1.29 is 8.78 Å². The Labute approximate surface area is 42.5 Å². The Balaban J connectivity index is 3.54. The first kappa shape index (κ1) is 6.86. The molecule has 7 heavy (non-hydrogen) atoms. The molecule has 0 bridgehead atoms. The molecule has 0 aliphatic carbocycles. The van der Waals surface area contributed by atoms with E-state index < -0.39 is 11.8 Å². The normalized spacial score (nSPS) is 16.7. The van der Waals surface area contributed by atoms with E-state index in [0.29, 0.717) is 0 Å². The molecule has 0 fully saturated rings. The van der Waals surface area contributed by atoms with Gasteiger partial charge >= 0.3 is 0 Å². The summed E-state index contributed by atoms with van der Waals surface area (Å²) in [5.74, 6) is 0. The zero-order valence-electron chi connectivity index (χ0n) is 4.83. The molecule has 0 aromatic heterocycles. The van der Waals surface area contributed by atoms with Gasteiger partial charge in [0, 0.05) is 0 Å². The largest absolute Gasteiger partial charge is 0.244 e. The second kappa shape index (κ2) is 1.76. The fourth-order valence-corrected chi connectivity index (χ4v) is 0. The molecule has 0 heterocycles. The quantitative estimate of drug-likeness (QED) is 0.482. The molecule has 0 saturated carbocycles. The van der Waals surface area contributed by atoms with E-state index in [2.05, 4.69) is 0 Å². The van der Waals surface area contributed by atoms with Crippen LogP contribution in [0.1, 0.15) is 20.8 Å². The van der Waals surface area contributed by atoms with E-state index >= 15 is 0 Å². The average molecular weight is 108 g/mol. The molecule has 0 amide bonds. The molecule has 2 heteroatoms. The van der Waals surface area contributed by atoms with Crippen LogP contribution in [0, 0.1) is 0 Å². The molecule has 1 atom stereocenters. The van der Waals surface area contributed by atoms with Crippen molar-refractivity contribution in [3.63, 3.8) is 0 Å². The van der Waals surface area contributed by atoms with Crippen molar-refractivity contribution in [3.05, 3.63) is 0 Å². The summed E-state index contributed by atoms with van der Waals surface area (Å²) in [4.78, 5) is 0. The zero-order valence-corrected chi connectivity index (χ0v) is 4.83. The first-order chi connectivity index (χ1) is 2.94. The third-order valence-corrected chi connectivity index (χ3v) is 0.946. The molecule has 44 valence electrons. The van der Waals surface area contributed by atoms with Crippen molar-refractivity contribution in [2.24, 2.45) is 0 Å². The summed E-state index contributed by atoms with van der Waals surface area (Å²) in [6, 6.07) is 0. The van der Waals surface area contributed by atoms with Crippen LogP contribution in [0.15, 0.2) is 0 Å². The molecule has 0 aromatic carbocycles. The second-order valence-corrected chi connectivity index (χ2v) is 2.18. The number of halogens is 2. The maximum absolute atomic E-state index is 12.1. The lowest BCUT2D eigenvalue weighted by atomic mass is 10.1. The summed E-state index contributed by atoms with van der Waals surface area (Å²) in [5, 5.41) is 0. The second-order valence-electron chi connectivity index (χ2n) is 2.18. The van der Waals surface area contributed by atoms with Gasteiger partial charge in [-0.2, -0.15) is 0 Å². The Morgan fingerprint density at radius 1 is 1.43 bits per heavy atom. The van der Waals surface area contributed by atoms with E-state index in [0.717, 1.165) is 0 Å². The fraction of sp³-hybridized carbons (Fsp3) is 1.00. The van der Waals surface area contributed by atoms with E-state index in [-0.39, 0.29) is 0 Å². The van der Waals surface area contributed by atoms with Gasteiger partial charge in [0.05, 0.1) is 0 Å². The third kappa shape index (κ3) is 2.54. The minimum atomic E-state index is -1.67. The highest BCUT2D eigenvalue weighted by molar-refractivity contribution is 4.71. The summed E-state index contributed by atoms with van der Waals surface area (Å²) in [7, 11) is 0. The number of hydrogen-bond acceptors (Lipinski definition) is 0. The van der Waals surface area contributed by atoms with Crippen LogP contribution in [0.3, 0.4) is 0 Å². The van der Waals surface area contributed by atoms with Gasteiger partial charge in [-0.3, -0.25) is 0 Å². The van der Waals surface area contributed by atoms with Gasteiger partial charge in [0.1, 0.15) is 11.8 Å². The molecular weight excluding hydrogens is 98.1 g/mol. The topological polar surface area (TPSA) is 0 Å². The molecule has 0 nitrogen and oxygen atoms in total. The molecule has 0 rings (SSSR count). The summed E-state index contributed by atoms with van der Waals surface area (Å²) >= 11 is 0. The number of alkyl halides is 2. The van der Waals surface area contributed by atoms with Crippen LogP contribution in [0.4, 0.5) is 8.78 Å². The van der Waals surface area contributed by atoms with E-state index in [1.54, 1.807) is 0 Å². The summed E-state index contributed by atoms with van der Waals surface area (Å²) in [6.07, 6.45) is -1.37. The Hall–Kier alpha value is -0.140. The van der Waals surface area contributed by atoms with Gasteiger partial charge in [0.2, 0.25) is 0 Å². The van der Waals surface area contributed by atoms with E-state index in [1.807, 2.05) is 0 Å². The average Bonchev–Trinajstić information content (AvgIpc) is 1.31. The smallest absolute Gasteiger partial charge is 0.136 e. The van der Waals surface area contributed by atoms with Crippen molar-refractivity contribution in [1.29, 1.82) is 0 Å². The molecular formula is C5H10F2. The van der Waals surface area contributed by atoms with Gasteiger partial charge in [-0.05, 0) is 20.8 Å². The molecule has 0 unspecified atom stereocenters. The molecule has 0 aromatic rings. The lowest BCUT2D eigenvalue weighted by molar-refractivity contribution is 0.0980. The van der Waals surface area contributed by atoms with Gasteiger partial charge in [-0.25, -0.2) is 8.78 Å². The van der Waals surface area contributed by atoms with E-state index in [4.69, 9.17) is 0 Å². The van der Waals surface area contributed by atoms with Crippen molar-refractivity contribution in [1.82, 2.24) is 0 Å². The van der Waals surface area contributed by atoms with Crippen LogP contribution in [-0.2, 0) is 0 Å². The maximum Gasteiger partial charge on any atom is 0.136 e. The lowest BCUT2D eigenvalue weighted by Gasteiger charge is -2.13. The lowest BCUT2D eigenvalue weighted by Crippen LogP contribution is -2.23. The van der Waals surface area contributed by atoms with E-state index in [9.17, 15) is 8.78 Å². The minimum Gasteiger partial charge on any atom is -0.244 e. The summed E-state index contributed by atoms with van der Waals surface area (Å²) < 4.78 is 24.0. The molecule has 0 radical (unpaired) electrons. The number of hydrogen-bond donors (Lipinski definition) is 0. The van der Waals surface area contributed by atoms with E-state index in [1.165, 1.54) is 20.8 Å². The molecule has 0 saturated heterocycles. The molecule has 0 spiro atoms.